The van der Waals surface area contributed by atoms with Crippen molar-refractivity contribution >= 4 is 23.4 Å². The van der Waals surface area contributed by atoms with E-state index in [-0.39, 0.29) is 23.6 Å². The maximum Gasteiger partial charge on any atom is 0.276 e. The predicted octanol–water partition coefficient (Wildman–Crippen LogP) is 3.26. The molecule has 1 aromatic heterocycles. The van der Waals surface area contributed by atoms with Gasteiger partial charge >= 0.3 is 0 Å². The summed E-state index contributed by atoms with van der Waals surface area (Å²) in [5.74, 6) is -0.996. The van der Waals surface area contributed by atoms with E-state index in [1.807, 2.05) is 35.9 Å². The molecule has 1 aliphatic heterocycles. The largest absolute Gasteiger partial charge is 0.369 e. The van der Waals surface area contributed by atoms with Crippen molar-refractivity contribution in [1.82, 2.24) is 14.7 Å². The fourth-order valence-electron chi connectivity index (χ4n) is 5.12. The molecule has 0 bridgehead atoms. The Hall–Kier alpha value is -3.94. The van der Waals surface area contributed by atoms with E-state index in [2.05, 4.69) is 5.32 Å². The Labute approximate surface area is 204 Å². The molecule has 1 fully saturated rings. The number of carbonyl (C=O) groups is 3. The molecule has 3 amide bonds. The topological polar surface area (TPSA) is 110 Å². The quantitative estimate of drug-likeness (QED) is 0.595. The summed E-state index contributed by atoms with van der Waals surface area (Å²) in [6.07, 6.45) is 3.77. The van der Waals surface area contributed by atoms with Gasteiger partial charge in [-0.05, 0) is 62.8 Å². The van der Waals surface area contributed by atoms with Gasteiger partial charge in [-0.25, -0.2) is 4.68 Å². The van der Waals surface area contributed by atoms with Gasteiger partial charge in [0.2, 0.25) is 5.91 Å². The van der Waals surface area contributed by atoms with Crippen LogP contribution in [0.15, 0.2) is 48.5 Å². The number of likely N-dealkylation sites (tertiary alicyclic amines) is 1. The van der Waals surface area contributed by atoms with E-state index in [1.165, 1.54) is 0 Å². The normalized spacial score (nSPS) is 15.6. The van der Waals surface area contributed by atoms with Crippen molar-refractivity contribution in [3.8, 4) is 5.69 Å². The first kappa shape index (κ1) is 22.8. The lowest BCUT2D eigenvalue weighted by atomic mass is 9.95. The number of hydrogen-bond acceptors (Lipinski definition) is 4. The molecule has 1 saturated heterocycles. The highest BCUT2D eigenvalue weighted by Crippen LogP contribution is 2.30. The smallest absolute Gasteiger partial charge is 0.276 e. The van der Waals surface area contributed by atoms with Gasteiger partial charge in [-0.1, -0.05) is 30.3 Å². The Kier molecular flexibility index (Phi) is 6.11. The Bertz CT molecular complexity index is 1300. The van der Waals surface area contributed by atoms with Crippen LogP contribution in [0.4, 0.5) is 5.69 Å². The molecule has 5 rings (SSSR count). The van der Waals surface area contributed by atoms with Gasteiger partial charge < -0.3 is 16.0 Å². The van der Waals surface area contributed by atoms with Gasteiger partial charge in [0, 0.05) is 30.3 Å². The first-order chi connectivity index (χ1) is 16.9. The van der Waals surface area contributed by atoms with Crippen molar-refractivity contribution in [3.05, 3.63) is 76.6 Å². The van der Waals surface area contributed by atoms with Crippen LogP contribution in [0.25, 0.3) is 5.69 Å². The third-order valence-electron chi connectivity index (χ3n) is 7.08. The number of carbonyl (C=O) groups excluding carboxylic acids is 3. The minimum absolute atomic E-state index is 0.167. The van der Waals surface area contributed by atoms with Gasteiger partial charge in [0.1, 0.15) is 0 Å². The maximum atomic E-state index is 13.4. The number of amides is 3. The van der Waals surface area contributed by atoms with Gasteiger partial charge in [0.05, 0.1) is 16.9 Å². The number of nitrogens with two attached hydrogens (primary N) is 1. The molecular weight excluding hydrogens is 442 g/mol. The molecule has 8 nitrogen and oxygen atoms in total. The minimum Gasteiger partial charge on any atom is -0.369 e. The highest BCUT2D eigenvalue weighted by molar-refractivity contribution is 6.09. The zero-order chi connectivity index (χ0) is 24.5. The number of nitrogens with one attached hydrogen (secondary N) is 1. The molecule has 0 spiro atoms. The zero-order valence-corrected chi connectivity index (χ0v) is 19.8. The molecule has 8 heteroatoms. The molecule has 2 heterocycles. The first-order valence-electron chi connectivity index (χ1n) is 12.1. The van der Waals surface area contributed by atoms with E-state index in [0.717, 1.165) is 41.8 Å². The van der Waals surface area contributed by atoms with Crippen molar-refractivity contribution in [2.75, 3.05) is 18.4 Å². The summed E-state index contributed by atoms with van der Waals surface area (Å²) in [5, 5.41) is 7.66. The number of nitrogens with zero attached hydrogens (tertiary/aromatic N) is 3. The van der Waals surface area contributed by atoms with Crippen LogP contribution < -0.4 is 11.1 Å². The Morgan fingerprint density at radius 1 is 1.00 bits per heavy atom. The van der Waals surface area contributed by atoms with E-state index in [1.54, 1.807) is 29.2 Å². The number of aryl methyl sites for hydroxylation is 1. The number of fused-ring (bicyclic) bond motifs is 1. The number of para-hydroxylation sites is 2. The summed E-state index contributed by atoms with van der Waals surface area (Å²) < 4.78 is 1.90. The molecule has 2 aromatic carbocycles. The number of rotatable bonds is 5. The molecule has 1 aliphatic carbocycles. The lowest BCUT2D eigenvalue weighted by molar-refractivity contribution is -0.123. The lowest BCUT2D eigenvalue weighted by Gasteiger charge is -2.31. The second-order valence-electron chi connectivity index (χ2n) is 9.29. The highest BCUT2D eigenvalue weighted by atomic mass is 16.2. The van der Waals surface area contributed by atoms with Crippen LogP contribution in [-0.4, -0.2) is 45.5 Å². The molecule has 2 aliphatic rings. The summed E-state index contributed by atoms with van der Waals surface area (Å²) in [4.78, 5) is 39.9. The third kappa shape index (κ3) is 4.32. The standard InChI is InChI=1S/C27H29N5O3/c1-17-7-2-5-11-22(17)32-23-12-6-9-20(23)24(30-32)26(34)29-21-10-4-3-8-19(21)27(35)31-15-13-18(14-16-31)25(28)33/h2-5,7-8,10-11,18H,6,9,12-16H2,1H3,(H2,28,33)(H,29,34). The molecule has 3 aromatic rings. The van der Waals surface area contributed by atoms with Crippen molar-refractivity contribution in [2.24, 2.45) is 11.7 Å². The molecule has 180 valence electrons. The van der Waals surface area contributed by atoms with Gasteiger partial charge in [-0.2, -0.15) is 5.10 Å². The van der Waals surface area contributed by atoms with Gasteiger partial charge in [0.15, 0.2) is 5.69 Å². The van der Waals surface area contributed by atoms with Gasteiger partial charge in [-0.3, -0.25) is 14.4 Å². The molecular formula is C27H29N5O3. The second kappa shape index (κ2) is 9.37. The monoisotopic (exact) mass is 471 g/mol. The van der Waals surface area contributed by atoms with Crippen molar-refractivity contribution in [1.29, 1.82) is 0 Å². The van der Waals surface area contributed by atoms with Crippen LogP contribution in [0.5, 0.6) is 0 Å². The van der Waals surface area contributed by atoms with Gasteiger partial charge in [0.25, 0.3) is 11.8 Å². The predicted molar refractivity (Wildman–Crippen MR) is 133 cm³/mol. The highest BCUT2D eigenvalue weighted by Gasteiger charge is 2.30. The number of hydrogen-bond donors (Lipinski definition) is 2. The average molecular weight is 472 g/mol. The number of aromatic nitrogens is 2. The Balaban J connectivity index is 1.39. The van der Waals surface area contributed by atoms with E-state index in [0.29, 0.717) is 42.9 Å². The molecule has 0 saturated carbocycles. The average Bonchev–Trinajstić information content (AvgIpc) is 3.48. The summed E-state index contributed by atoms with van der Waals surface area (Å²) in [6.45, 7) is 2.96. The fourth-order valence-corrected chi connectivity index (χ4v) is 5.12. The van der Waals surface area contributed by atoms with Crippen LogP contribution in [0.1, 0.15) is 56.9 Å². The number of benzene rings is 2. The molecule has 3 N–H and O–H groups in total. The van der Waals surface area contributed by atoms with Crippen LogP contribution in [0, 0.1) is 12.8 Å². The SMILES string of the molecule is Cc1ccccc1-n1nc(C(=O)Nc2ccccc2C(=O)N2CCC(C(N)=O)CC2)c2c1CCC2. The lowest BCUT2D eigenvalue weighted by Crippen LogP contribution is -2.42. The van der Waals surface area contributed by atoms with Crippen LogP contribution in [-0.2, 0) is 17.6 Å². The number of anilines is 1. The summed E-state index contributed by atoms with van der Waals surface area (Å²) >= 11 is 0. The zero-order valence-electron chi connectivity index (χ0n) is 19.8. The van der Waals surface area contributed by atoms with E-state index in [9.17, 15) is 14.4 Å². The van der Waals surface area contributed by atoms with E-state index < -0.39 is 0 Å². The van der Waals surface area contributed by atoms with Crippen LogP contribution in [0.2, 0.25) is 0 Å². The Morgan fingerprint density at radius 3 is 2.46 bits per heavy atom. The molecule has 0 atom stereocenters. The van der Waals surface area contributed by atoms with Crippen LogP contribution >= 0.6 is 0 Å². The van der Waals surface area contributed by atoms with Crippen molar-refractivity contribution in [3.63, 3.8) is 0 Å². The summed E-state index contributed by atoms with van der Waals surface area (Å²) in [6, 6.07) is 15.0. The maximum absolute atomic E-state index is 13.4. The third-order valence-corrected chi connectivity index (χ3v) is 7.08. The number of primary amides is 1. The van der Waals surface area contributed by atoms with Crippen LogP contribution in [0.3, 0.4) is 0 Å². The van der Waals surface area contributed by atoms with Crippen molar-refractivity contribution in [2.45, 2.75) is 39.0 Å². The van der Waals surface area contributed by atoms with E-state index in [4.69, 9.17) is 10.8 Å². The minimum atomic E-state index is -0.317. The van der Waals surface area contributed by atoms with E-state index >= 15 is 0 Å². The summed E-state index contributed by atoms with van der Waals surface area (Å²) in [5.41, 5.74) is 10.8. The fraction of sp³-hybridized carbons (Fsp3) is 0.333. The van der Waals surface area contributed by atoms with Crippen molar-refractivity contribution < 1.29 is 14.4 Å². The first-order valence-corrected chi connectivity index (χ1v) is 12.1. The molecule has 0 unspecified atom stereocenters. The Morgan fingerprint density at radius 2 is 1.71 bits per heavy atom. The molecule has 0 radical (unpaired) electrons. The second-order valence-corrected chi connectivity index (χ2v) is 9.29. The summed E-state index contributed by atoms with van der Waals surface area (Å²) in [7, 11) is 0. The molecule has 35 heavy (non-hydrogen) atoms. The number of piperidine rings is 1. The van der Waals surface area contributed by atoms with Gasteiger partial charge in [-0.15, -0.1) is 0 Å².